The SMILES string of the molecule is CCC(=O)N(Cc1ccccc1)C(CC)C(=O)NC1CCCCC1. The van der Waals surface area contributed by atoms with Crippen molar-refractivity contribution in [2.75, 3.05) is 0 Å². The first-order valence-corrected chi connectivity index (χ1v) is 9.29. The molecule has 0 saturated heterocycles. The maximum Gasteiger partial charge on any atom is 0.243 e. The summed E-state index contributed by atoms with van der Waals surface area (Å²) in [6.07, 6.45) is 6.80. The summed E-state index contributed by atoms with van der Waals surface area (Å²) in [5.74, 6) is 0.0339. The molecule has 24 heavy (non-hydrogen) atoms. The van der Waals surface area contributed by atoms with Crippen molar-refractivity contribution in [2.24, 2.45) is 0 Å². The van der Waals surface area contributed by atoms with Gasteiger partial charge in [0.25, 0.3) is 0 Å². The van der Waals surface area contributed by atoms with Gasteiger partial charge in [0.05, 0.1) is 0 Å². The molecule has 1 saturated carbocycles. The molecule has 4 heteroatoms. The summed E-state index contributed by atoms with van der Waals surface area (Å²) in [5.41, 5.74) is 1.06. The molecule has 1 N–H and O–H groups in total. The molecule has 1 aliphatic carbocycles. The predicted molar refractivity (Wildman–Crippen MR) is 96.4 cm³/mol. The lowest BCUT2D eigenvalue weighted by Crippen LogP contribution is -2.51. The summed E-state index contributed by atoms with van der Waals surface area (Å²) in [4.78, 5) is 27.0. The van der Waals surface area contributed by atoms with Crippen LogP contribution in [0.15, 0.2) is 30.3 Å². The molecule has 1 aromatic carbocycles. The fraction of sp³-hybridized carbons (Fsp3) is 0.600. The average Bonchev–Trinajstić information content (AvgIpc) is 2.62. The van der Waals surface area contributed by atoms with E-state index in [-0.39, 0.29) is 23.9 Å². The van der Waals surface area contributed by atoms with E-state index in [1.54, 1.807) is 4.90 Å². The van der Waals surface area contributed by atoms with Crippen molar-refractivity contribution in [1.82, 2.24) is 10.2 Å². The average molecular weight is 330 g/mol. The number of carbonyl (C=O) groups excluding carboxylic acids is 2. The van der Waals surface area contributed by atoms with Gasteiger partial charge < -0.3 is 10.2 Å². The topological polar surface area (TPSA) is 49.4 Å². The van der Waals surface area contributed by atoms with Crippen LogP contribution < -0.4 is 5.32 Å². The lowest BCUT2D eigenvalue weighted by Gasteiger charge is -2.32. The van der Waals surface area contributed by atoms with Crippen LogP contribution in [0.4, 0.5) is 0 Å². The van der Waals surface area contributed by atoms with Crippen molar-refractivity contribution in [3.63, 3.8) is 0 Å². The largest absolute Gasteiger partial charge is 0.352 e. The van der Waals surface area contributed by atoms with E-state index in [0.29, 0.717) is 19.4 Å². The Labute approximate surface area is 145 Å². The van der Waals surface area contributed by atoms with Crippen LogP contribution in [0.25, 0.3) is 0 Å². The number of benzene rings is 1. The van der Waals surface area contributed by atoms with E-state index >= 15 is 0 Å². The van der Waals surface area contributed by atoms with Gasteiger partial charge in [0.2, 0.25) is 11.8 Å². The number of nitrogens with one attached hydrogen (secondary N) is 1. The van der Waals surface area contributed by atoms with Crippen molar-refractivity contribution in [1.29, 1.82) is 0 Å². The normalized spacial score (nSPS) is 16.4. The maximum absolute atomic E-state index is 12.8. The van der Waals surface area contributed by atoms with Crippen LogP contribution in [0.5, 0.6) is 0 Å². The van der Waals surface area contributed by atoms with E-state index in [9.17, 15) is 9.59 Å². The maximum atomic E-state index is 12.8. The molecular weight excluding hydrogens is 300 g/mol. The Morgan fingerprint density at radius 1 is 1.12 bits per heavy atom. The van der Waals surface area contributed by atoms with Gasteiger partial charge >= 0.3 is 0 Å². The Morgan fingerprint density at radius 3 is 2.38 bits per heavy atom. The highest BCUT2D eigenvalue weighted by Gasteiger charge is 2.29. The molecule has 0 heterocycles. The number of amides is 2. The first-order valence-electron chi connectivity index (χ1n) is 9.29. The molecule has 1 aromatic rings. The van der Waals surface area contributed by atoms with Gasteiger partial charge in [0, 0.05) is 19.0 Å². The molecule has 0 bridgehead atoms. The highest BCUT2D eigenvalue weighted by atomic mass is 16.2. The fourth-order valence-electron chi connectivity index (χ4n) is 3.45. The highest BCUT2D eigenvalue weighted by Crippen LogP contribution is 2.19. The fourth-order valence-corrected chi connectivity index (χ4v) is 3.45. The smallest absolute Gasteiger partial charge is 0.243 e. The van der Waals surface area contributed by atoms with Gasteiger partial charge in [-0.15, -0.1) is 0 Å². The first-order chi connectivity index (χ1) is 11.7. The van der Waals surface area contributed by atoms with Crippen LogP contribution in [0.2, 0.25) is 0 Å². The molecule has 0 aromatic heterocycles. The molecule has 4 nitrogen and oxygen atoms in total. The number of nitrogens with zero attached hydrogens (tertiary/aromatic N) is 1. The van der Waals surface area contributed by atoms with Crippen LogP contribution in [0, 0.1) is 0 Å². The van der Waals surface area contributed by atoms with Crippen molar-refractivity contribution in [3.8, 4) is 0 Å². The van der Waals surface area contributed by atoms with Crippen LogP contribution in [0.3, 0.4) is 0 Å². The van der Waals surface area contributed by atoms with E-state index in [2.05, 4.69) is 5.32 Å². The molecule has 0 spiro atoms. The zero-order chi connectivity index (χ0) is 17.4. The number of hydrogen-bond donors (Lipinski definition) is 1. The van der Waals surface area contributed by atoms with Crippen molar-refractivity contribution in [3.05, 3.63) is 35.9 Å². The van der Waals surface area contributed by atoms with Gasteiger partial charge in [-0.3, -0.25) is 9.59 Å². The summed E-state index contributed by atoms with van der Waals surface area (Å²) in [6, 6.07) is 9.78. The summed E-state index contributed by atoms with van der Waals surface area (Å²) < 4.78 is 0. The Bertz CT molecular complexity index is 524. The Balaban J connectivity index is 2.08. The highest BCUT2D eigenvalue weighted by molar-refractivity contribution is 5.87. The first kappa shape index (κ1) is 18.5. The lowest BCUT2D eigenvalue weighted by atomic mass is 9.95. The molecule has 132 valence electrons. The summed E-state index contributed by atoms with van der Waals surface area (Å²) >= 11 is 0. The van der Waals surface area contributed by atoms with Crippen LogP contribution in [-0.2, 0) is 16.1 Å². The predicted octanol–water partition coefficient (Wildman–Crippen LogP) is 3.65. The van der Waals surface area contributed by atoms with Crippen molar-refractivity contribution in [2.45, 2.75) is 77.4 Å². The van der Waals surface area contributed by atoms with Crippen LogP contribution in [-0.4, -0.2) is 28.8 Å². The Kier molecular flexibility index (Phi) is 7.29. The Morgan fingerprint density at radius 2 is 1.79 bits per heavy atom. The second-order valence-corrected chi connectivity index (χ2v) is 6.63. The molecule has 1 fully saturated rings. The molecule has 1 aliphatic rings. The Hall–Kier alpha value is -1.84. The molecule has 1 atom stereocenters. The minimum absolute atomic E-state index is 0.00197. The van der Waals surface area contributed by atoms with Crippen molar-refractivity contribution >= 4 is 11.8 Å². The van der Waals surface area contributed by atoms with Gasteiger partial charge in [-0.2, -0.15) is 0 Å². The summed E-state index contributed by atoms with van der Waals surface area (Å²) in [7, 11) is 0. The number of carbonyl (C=O) groups is 2. The quantitative estimate of drug-likeness (QED) is 0.829. The standard InChI is InChI=1S/C20H30N2O2/c1-3-18(20(24)21-17-13-9-6-10-14-17)22(19(23)4-2)15-16-11-7-5-8-12-16/h5,7-8,11-12,17-18H,3-4,6,9-10,13-15H2,1-2H3,(H,21,24). The molecular formula is C20H30N2O2. The third kappa shape index (κ3) is 5.08. The molecule has 0 radical (unpaired) electrons. The van der Waals surface area contributed by atoms with Gasteiger partial charge in [-0.25, -0.2) is 0 Å². The number of rotatable bonds is 7. The van der Waals surface area contributed by atoms with E-state index in [4.69, 9.17) is 0 Å². The minimum atomic E-state index is -0.389. The minimum Gasteiger partial charge on any atom is -0.352 e. The summed E-state index contributed by atoms with van der Waals surface area (Å²) in [5, 5.41) is 3.18. The molecule has 2 rings (SSSR count). The van der Waals surface area contributed by atoms with E-state index in [0.717, 1.165) is 18.4 Å². The van der Waals surface area contributed by atoms with Gasteiger partial charge in [-0.05, 0) is 24.8 Å². The van der Waals surface area contributed by atoms with E-state index in [1.165, 1.54) is 19.3 Å². The lowest BCUT2D eigenvalue weighted by molar-refractivity contribution is -0.141. The van der Waals surface area contributed by atoms with E-state index in [1.807, 2.05) is 44.2 Å². The van der Waals surface area contributed by atoms with Crippen LogP contribution >= 0.6 is 0 Å². The van der Waals surface area contributed by atoms with Crippen molar-refractivity contribution < 1.29 is 9.59 Å². The zero-order valence-electron chi connectivity index (χ0n) is 15.0. The number of hydrogen-bond acceptors (Lipinski definition) is 2. The summed E-state index contributed by atoms with van der Waals surface area (Å²) in [6.45, 7) is 4.32. The second kappa shape index (κ2) is 9.45. The van der Waals surface area contributed by atoms with Gasteiger partial charge in [-0.1, -0.05) is 63.4 Å². The molecule has 2 amide bonds. The third-order valence-electron chi connectivity index (χ3n) is 4.84. The zero-order valence-corrected chi connectivity index (χ0v) is 15.0. The molecule has 1 unspecified atom stereocenters. The monoisotopic (exact) mass is 330 g/mol. The second-order valence-electron chi connectivity index (χ2n) is 6.63. The van der Waals surface area contributed by atoms with Crippen LogP contribution in [0.1, 0.15) is 64.4 Å². The third-order valence-corrected chi connectivity index (χ3v) is 4.84. The molecule has 0 aliphatic heterocycles. The van der Waals surface area contributed by atoms with Gasteiger partial charge in [0.15, 0.2) is 0 Å². The van der Waals surface area contributed by atoms with E-state index < -0.39 is 0 Å². The van der Waals surface area contributed by atoms with Gasteiger partial charge in [0.1, 0.15) is 6.04 Å².